The molecule has 0 bridgehead atoms. The van der Waals surface area contributed by atoms with Gasteiger partial charge in [0.25, 0.3) is 0 Å². The van der Waals surface area contributed by atoms with Crippen LogP contribution >= 0.6 is 0 Å². The molecule has 2 rings (SSSR count). The SMILES string of the molecule is CCNC(=NCC(O)c1ccc(F)cc1)NCCCc1ccccc1. The molecular weight excluding hydrogens is 317 g/mol. The summed E-state index contributed by atoms with van der Waals surface area (Å²) < 4.78 is 12.9. The van der Waals surface area contributed by atoms with E-state index in [1.165, 1.54) is 17.7 Å². The Labute approximate surface area is 148 Å². The number of aliphatic imine (C=N–C) groups is 1. The largest absolute Gasteiger partial charge is 0.386 e. The smallest absolute Gasteiger partial charge is 0.191 e. The van der Waals surface area contributed by atoms with Crippen LogP contribution in [0, 0.1) is 5.82 Å². The first kappa shape index (κ1) is 18.9. The molecule has 0 radical (unpaired) electrons. The summed E-state index contributed by atoms with van der Waals surface area (Å²) in [6.07, 6.45) is 1.25. The van der Waals surface area contributed by atoms with Gasteiger partial charge in [0.05, 0.1) is 12.6 Å². The molecule has 0 saturated carbocycles. The zero-order chi connectivity index (χ0) is 17.9. The normalized spacial score (nSPS) is 12.7. The minimum absolute atomic E-state index is 0.222. The van der Waals surface area contributed by atoms with Gasteiger partial charge in [-0.15, -0.1) is 0 Å². The van der Waals surface area contributed by atoms with Gasteiger partial charge in [0.1, 0.15) is 5.82 Å². The first-order chi connectivity index (χ1) is 12.2. The van der Waals surface area contributed by atoms with Crippen molar-refractivity contribution in [1.82, 2.24) is 10.6 Å². The van der Waals surface area contributed by atoms with Crippen molar-refractivity contribution in [2.75, 3.05) is 19.6 Å². The van der Waals surface area contributed by atoms with Gasteiger partial charge in [-0.1, -0.05) is 42.5 Å². The van der Waals surface area contributed by atoms with Crippen LogP contribution in [-0.4, -0.2) is 30.7 Å². The molecule has 3 N–H and O–H groups in total. The third-order valence-electron chi connectivity index (χ3n) is 3.80. The molecule has 0 amide bonds. The molecule has 0 heterocycles. The number of aliphatic hydroxyl groups excluding tert-OH is 1. The highest BCUT2D eigenvalue weighted by atomic mass is 19.1. The molecule has 0 fully saturated rings. The molecule has 2 aromatic rings. The van der Waals surface area contributed by atoms with Gasteiger partial charge in [-0.05, 0) is 43.0 Å². The molecule has 1 atom stereocenters. The Bertz CT molecular complexity index is 644. The average Bonchev–Trinajstić information content (AvgIpc) is 2.64. The third-order valence-corrected chi connectivity index (χ3v) is 3.80. The number of aryl methyl sites for hydroxylation is 1. The van der Waals surface area contributed by atoms with E-state index < -0.39 is 6.10 Å². The van der Waals surface area contributed by atoms with Crippen molar-refractivity contribution < 1.29 is 9.50 Å². The lowest BCUT2D eigenvalue weighted by Crippen LogP contribution is -2.38. The van der Waals surface area contributed by atoms with E-state index >= 15 is 0 Å². The zero-order valence-corrected chi connectivity index (χ0v) is 14.6. The van der Waals surface area contributed by atoms with Crippen molar-refractivity contribution in [3.05, 3.63) is 71.5 Å². The van der Waals surface area contributed by atoms with Crippen LogP contribution in [0.15, 0.2) is 59.6 Å². The van der Waals surface area contributed by atoms with Gasteiger partial charge >= 0.3 is 0 Å². The number of nitrogens with one attached hydrogen (secondary N) is 2. The lowest BCUT2D eigenvalue weighted by atomic mass is 10.1. The fourth-order valence-corrected chi connectivity index (χ4v) is 2.45. The van der Waals surface area contributed by atoms with Crippen molar-refractivity contribution in [1.29, 1.82) is 0 Å². The van der Waals surface area contributed by atoms with Gasteiger partial charge in [-0.3, -0.25) is 4.99 Å². The predicted molar refractivity (Wildman–Crippen MR) is 100 cm³/mol. The van der Waals surface area contributed by atoms with Gasteiger partial charge < -0.3 is 15.7 Å². The number of halogens is 1. The van der Waals surface area contributed by atoms with Gasteiger partial charge in [0.2, 0.25) is 0 Å². The molecule has 0 aliphatic heterocycles. The minimum Gasteiger partial charge on any atom is -0.386 e. The maximum absolute atomic E-state index is 12.9. The van der Waals surface area contributed by atoms with E-state index in [-0.39, 0.29) is 12.4 Å². The fourth-order valence-electron chi connectivity index (χ4n) is 2.45. The summed E-state index contributed by atoms with van der Waals surface area (Å²) >= 11 is 0. The van der Waals surface area contributed by atoms with E-state index in [1.54, 1.807) is 12.1 Å². The highest BCUT2D eigenvalue weighted by Crippen LogP contribution is 2.13. The Morgan fingerprint density at radius 3 is 2.48 bits per heavy atom. The highest BCUT2D eigenvalue weighted by Gasteiger charge is 2.07. The molecule has 0 saturated heterocycles. The van der Waals surface area contributed by atoms with Crippen LogP contribution in [0.1, 0.15) is 30.6 Å². The summed E-state index contributed by atoms with van der Waals surface area (Å²) in [5.41, 5.74) is 1.98. The number of hydrogen-bond acceptors (Lipinski definition) is 2. The van der Waals surface area contributed by atoms with E-state index in [2.05, 4.69) is 27.8 Å². The molecular formula is C20H26FN3O. The number of benzene rings is 2. The number of rotatable bonds is 8. The third kappa shape index (κ3) is 6.93. The van der Waals surface area contributed by atoms with E-state index in [0.29, 0.717) is 11.5 Å². The Kier molecular flexibility index (Phi) is 7.92. The summed E-state index contributed by atoms with van der Waals surface area (Å²) in [4.78, 5) is 4.41. The van der Waals surface area contributed by atoms with Gasteiger partial charge in [0, 0.05) is 13.1 Å². The molecule has 0 aromatic heterocycles. The van der Waals surface area contributed by atoms with Crippen molar-refractivity contribution in [2.24, 2.45) is 4.99 Å². The van der Waals surface area contributed by atoms with Crippen molar-refractivity contribution in [3.8, 4) is 0 Å². The second kappa shape index (κ2) is 10.5. The van der Waals surface area contributed by atoms with Crippen LogP contribution in [0.4, 0.5) is 4.39 Å². The Hall–Kier alpha value is -2.40. The van der Waals surface area contributed by atoms with E-state index in [0.717, 1.165) is 25.9 Å². The number of hydrogen-bond donors (Lipinski definition) is 3. The van der Waals surface area contributed by atoms with Gasteiger partial charge in [-0.2, -0.15) is 0 Å². The van der Waals surface area contributed by atoms with Crippen LogP contribution in [0.5, 0.6) is 0 Å². The fraction of sp³-hybridized carbons (Fsp3) is 0.350. The molecule has 134 valence electrons. The Balaban J connectivity index is 1.80. The number of guanidine groups is 1. The average molecular weight is 343 g/mol. The maximum atomic E-state index is 12.9. The van der Waals surface area contributed by atoms with Crippen LogP contribution in [0.3, 0.4) is 0 Å². The predicted octanol–water partition coefficient (Wildman–Crippen LogP) is 3.05. The van der Waals surface area contributed by atoms with Crippen LogP contribution < -0.4 is 10.6 Å². The summed E-state index contributed by atoms with van der Waals surface area (Å²) in [6, 6.07) is 16.2. The van der Waals surface area contributed by atoms with Gasteiger partial charge in [0.15, 0.2) is 5.96 Å². The standard InChI is InChI=1S/C20H26FN3O/c1-2-22-20(23-14-6-9-16-7-4-3-5-8-16)24-15-19(25)17-10-12-18(21)13-11-17/h3-5,7-8,10-13,19,25H,2,6,9,14-15H2,1H3,(H2,22,23,24). The Morgan fingerprint density at radius 1 is 1.08 bits per heavy atom. The summed E-state index contributed by atoms with van der Waals surface area (Å²) in [6.45, 7) is 3.77. The monoisotopic (exact) mass is 343 g/mol. The second-order valence-corrected chi connectivity index (χ2v) is 5.80. The second-order valence-electron chi connectivity index (χ2n) is 5.80. The molecule has 1 unspecified atom stereocenters. The molecule has 5 heteroatoms. The molecule has 25 heavy (non-hydrogen) atoms. The Morgan fingerprint density at radius 2 is 1.80 bits per heavy atom. The lowest BCUT2D eigenvalue weighted by Gasteiger charge is -2.13. The molecule has 4 nitrogen and oxygen atoms in total. The topological polar surface area (TPSA) is 56.7 Å². The van der Waals surface area contributed by atoms with Crippen LogP contribution in [-0.2, 0) is 6.42 Å². The first-order valence-electron chi connectivity index (χ1n) is 8.68. The van der Waals surface area contributed by atoms with Crippen LogP contribution in [0.25, 0.3) is 0 Å². The zero-order valence-electron chi connectivity index (χ0n) is 14.6. The molecule has 0 aliphatic carbocycles. The molecule has 0 aliphatic rings. The van der Waals surface area contributed by atoms with Crippen molar-refractivity contribution >= 4 is 5.96 Å². The van der Waals surface area contributed by atoms with Crippen molar-refractivity contribution in [2.45, 2.75) is 25.9 Å². The highest BCUT2D eigenvalue weighted by molar-refractivity contribution is 5.79. The number of aliphatic hydroxyl groups is 1. The van der Waals surface area contributed by atoms with E-state index in [1.807, 2.05) is 25.1 Å². The van der Waals surface area contributed by atoms with Gasteiger partial charge in [-0.25, -0.2) is 4.39 Å². The minimum atomic E-state index is -0.750. The molecule has 0 spiro atoms. The lowest BCUT2D eigenvalue weighted by molar-refractivity contribution is 0.187. The van der Waals surface area contributed by atoms with Crippen molar-refractivity contribution in [3.63, 3.8) is 0 Å². The quantitative estimate of drug-likeness (QED) is 0.392. The van der Waals surface area contributed by atoms with E-state index in [4.69, 9.17) is 0 Å². The van der Waals surface area contributed by atoms with Crippen LogP contribution in [0.2, 0.25) is 0 Å². The summed E-state index contributed by atoms with van der Waals surface area (Å²) in [5, 5.41) is 16.6. The summed E-state index contributed by atoms with van der Waals surface area (Å²) in [5.74, 6) is 0.365. The molecule has 2 aromatic carbocycles. The number of nitrogens with zero attached hydrogens (tertiary/aromatic N) is 1. The summed E-state index contributed by atoms with van der Waals surface area (Å²) in [7, 11) is 0. The first-order valence-corrected chi connectivity index (χ1v) is 8.68. The maximum Gasteiger partial charge on any atom is 0.191 e. The van der Waals surface area contributed by atoms with E-state index in [9.17, 15) is 9.50 Å².